The van der Waals surface area contributed by atoms with Crippen molar-refractivity contribution in [2.24, 2.45) is 4.99 Å². The lowest BCUT2D eigenvalue weighted by molar-refractivity contribution is -0.384. The predicted octanol–water partition coefficient (Wildman–Crippen LogP) is 6.84. The second-order valence-electron chi connectivity index (χ2n) is 11.8. The van der Waals surface area contributed by atoms with Crippen molar-refractivity contribution >= 4 is 42.2 Å². The number of β-lactam (4-membered cyclic amide) rings is 1. The number of carbonyl (C=O) groups is 2. The maximum atomic E-state index is 14.2. The zero-order chi connectivity index (χ0) is 32.3. The van der Waals surface area contributed by atoms with E-state index in [-0.39, 0.29) is 36.0 Å². The Labute approximate surface area is 271 Å². The lowest BCUT2D eigenvalue weighted by atomic mass is 10.1. The zero-order valence-corrected chi connectivity index (χ0v) is 27.2. The van der Waals surface area contributed by atoms with Crippen molar-refractivity contribution in [3.8, 4) is 0 Å². The number of carbonyl (C=O) groups excluding carboxylic acids is 2. The van der Waals surface area contributed by atoms with Crippen LogP contribution in [0.1, 0.15) is 69.4 Å². The number of hydrogen-bond donors (Lipinski definition) is 0. The number of thioether (sulfide) groups is 1. The number of ether oxygens (including phenoxy) is 1. The number of non-ortho nitro benzene ring substituents is 1. The van der Waals surface area contributed by atoms with Crippen molar-refractivity contribution in [3.63, 3.8) is 0 Å². The van der Waals surface area contributed by atoms with Gasteiger partial charge in [-0.1, -0.05) is 67.8 Å². The Morgan fingerprint density at radius 3 is 2.17 bits per heavy atom. The second kappa shape index (κ2) is 14.1. The van der Waals surface area contributed by atoms with Crippen LogP contribution in [-0.4, -0.2) is 50.4 Å². The summed E-state index contributed by atoms with van der Waals surface area (Å²) in [5, 5.41) is 11.3. The molecule has 2 aromatic carbocycles. The molecule has 3 fully saturated rings. The molecule has 2 saturated carbocycles. The lowest BCUT2D eigenvalue weighted by Gasteiger charge is -2.41. The molecule has 0 aromatic heterocycles. The molecular weight excluding hydrogens is 633 g/mol. The minimum atomic E-state index is -4.19. The number of rotatable bonds is 13. The van der Waals surface area contributed by atoms with Gasteiger partial charge in [-0.05, 0) is 55.9 Å². The van der Waals surface area contributed by atoms with Gasteiger partial charge in [0.25, 0.3) is 11.6 Å². The molecule has 0 N–H and O–H groups in total. The third kappa shape index (κ3) is 7.38. The van der Waals surface area contributed by atoms with Crippen LogP contribution in [0.25, 0.3) is 0 Å². The van der Waals surface area contributed by atoms with Gasteiger partial charge < -0.3 is 9.26 Å². The Bertz CT molecular complexity index is 1550. The first-order chi connectivity index (χ1) is 22.2. The van der Waals surface area contributed by atoms with Crippen molar-refractivity contribution in [3.05, 3.63) is 87.3 Å². The molecule has 2 aliphatic carbocycles. The van der Waals surface area contributed by atoms with E-state index in [4.69, 9.17) is 18.3 Å². The van der Waals surface area contributed by atoms with Crippen LogP contribution < -0.4 is 0 Å². The molecular formula is C32H36N3O9PS. The number of fused-ring (bicyclic) bond motifs is 1. The van der Waals surface area contributed by atoms with Crippen LogP contribution in [0.2, 0.25) is 0 Å². The topological polar surface area (TPSA) is 147 Å². The van der Waals surface area contributed by atoms with Gasteiger partial charge in [0.05, 0.1) is 22.2 Å². The third-order valence-electron chi connectivity index (χ3n) is 8.45. The smallest absolute Gasteiger partial charge is 0.456 e. The minimum Gasteiger partial charge on any atom is -0.456 e. The summed E-state index contributed by atoms with van der Waals surface area (Å²) in [6.45, 7) is 1.23. The Kier molecular flexibility index (Phi) is 9.93. The molecule has 2 aromatic rings. The van der Waals surface area contributed by atoms with Gasteiger partial charge in [-0.2, -0.15) is 0 Å². The molecule has 2 unspecified atom stereocenters. The number of esters is 1. The van der Waals surface area contributed by atoms with Crippen LogP contribution >= 0.6 is 19.6 Å². The van der Waals surface area contributed by atoms with Crippen molar-refractivity contribution < 1.29 is 37.4 Å². The average Bonchev–Trinajstić information content (AvgIpc) is 3.82. The van der Waals surface area contributed by atoms with E-state index >= 15 is 0 Å². The van der Waals surface area contributed by atoms with Crippen molar-refractivity contribution in [1.82, 2.24) is 4.90 Å². The first-order valence-electron chi connectivity index (χ1n) is 15.6. The number of likely N-dealkylation sites (tertiary alicyclic amines) is 1. The lowest BCUT2D eigenvalue weighted by Crippen LogP contribution is -2.61. The van der Waals surface area contributed by atoms with E-state index in [0.29, 0.717) is 12.0 Å². The fourth-order valence-electron chi connectivity index (χ4n) is 6.08. The van der Waals surface area contributed by atoms with E-state index in [0.717, 1.165) is 62.0 Å². The molecule has 2 heterocycles. The number of benzene rings is 2. The number of nitro groups is 1. The highest BCUT2D eigenvalue weighted by Crippen LogP contribution is 2.57. The molecule has 1 amide bonds. The van der Waals surface area contributed by atoms with Gasteiger partial charge >= 0.3 is 13.8 Å². The molecule has 0 bridgehead atoms. The molecule has 2 atom stereocenters. The van der Waals surface area contributed by atoms with Crippen LogP contribution in [0.5, 0.6) is 0 Å². The third-order valence-corrected chi connectivity index (χ3v) is 11.3. The summed E-state index contributed by atoms with van der Waals surface area (Å²) in [6, 6.07) is 14.7. The summed E-state index contributed by atoms with van der Waals surface area (Å²) in [7, 11) is -4.19. The van der Waals surface area contributed by atoms with E-state index < -0.39 is 36.0 Å². The molecule has 2 aliphatic heterocycles. The summed E-state index contributed by atoms with van der Waals surface area (Å²) >= 11 is 1.38. The number of amides is 1. The fourth-order valence-corrected chi connectivity index (χ4v) is 9.11. The summed E-state index contributed by atoms with van der Waals surface area (Å²) in [5.41, 5.74) is 1.25. The maximum absolute atomic E-state index is 14.2. The van der Waals surface area contributed by atoms with Gasteiger partial charge in [-0.3, -0.25) is 33.8 Å². The van der Waals surface area contributed by atoms with Gasteiger partial charge in [0.15, 0.2) is 11.7 Å². The highest BCUT2D eigenvalue weighted by Gasteiger charge is 2.56. The largest absolute Gasteiger partial charge is 0.530 e. The van der Waals surface area contributed by atoms with Crippen molar-refractivity contribution in [2.75, 3.05) is 0 Å². The summed E-state index contributed by atoms with van der Waals surface area (Å²) in [5.74, 6) is -1.40. The van der Waals surface area contributed by atoms with Crippen molar-refractivity contribution in [1.29, 1.82) is 0 Å². The first kappa shape index (κ1) is 32.4. The molecule has 1 saturated heterocycles. The Balaban J connectivity index is 1.25. The molecule has 12 nitrogen and oxygen atoms in total. The molecule has 0 radical (unpaired) electrons. The van der Waals surface area contributed by atoms with Crippen LogP contribution in [0.4, 0.5) is 5.69 Å². The van der Waals surface area contributed by atoms with Crippen LogP contribution in [0.3, 0.4) is 0 Å². The second-order valence-corrected chi connectivity index (χ2v) is 14.5. The van der Waals surface area contributed by atoms with E-state index in [1.165, 1.54) is 47.9 Å². The molecule has 0 spiro atoms. The molecule has 46 heavy (non-hydrogen) atoms. The van der Waals surface area contributed by atoms with E-state index in [1.807, 2.05) is 30.3 Å². The number of hydrogen-bond acceptors (Lipinski definition) is 11. The van der Waals surface area contributed by atoms with E-state index in [1.54, 1.807) is 0 Å². The monoisotopic (exact) mass is 669 g/mol. The van der Waals surface area contributed by atoms with Crippen molar-refractivity contribution in [2.45, 2.75) is 94.9 Å². The van der Waals surface area contributed by atoms with Gasteiger partial charge in [-0.25, -0.2) is 9.36 Å². The Morgan fingerprint density at radius 2 is 1.59 bits per heavy atom. The van der Waals surface area contributed by atoms with Gasteiger partial charge in [-0.15, -0.1) is 0 Å². The number of phosphoric ester groups is 1. The number of nitrogens with zero attached hydrogens (tertiary/aromatic N) is 3. The number of phosphoric acid groups is 1. The van der Waals surface area contributed by atoms with Crippen LogP contribution in [0.15, 0.2) is 71.0 Å². The molecule has 6 rings (SSSR count). The maximum Gasteiger partial charge on any atom is 0.530 e. The first-order valence-corrected chi connectivity index (χ1v) is 17.9. The van der Waals surface area contributed by atoms with Crippen LogP contribution in [-0.2, 0) is 45.5 Å². The predicted molar refractivity (Wildman–Crippen MR) is 171 cm³/mol. The minimum absolute atomic E-state index is 0.0954. The summed E-state index contributed by atoms with van der Waals surface area (Å²) in [6.07, 6.45) is 6.60. The highest BCUT2D eigenvalue weighted by molar-refractivity contribution is 8.14. The van der Waals surface area contributed by atoms with Gasteiger partial charge in [0.1, 0.15) is 17.7 Å². The molecule has 4 aliphatic rings. The van der Waals surface area contributed by atoms with E-state index in [9.17, 15) is 24.3 Å². The standard InChI is InChI=1S/C32H36N3O9PS/c1-21(42-45(40,43-25-11-5-6-12-25)44-26-13-7-8-14-26)29(32(37)41-20-23-15-17-24(18-16-23)35(38)39)34-30(36)28-31(34)46-27(33-28)19-22-9-3-2-4-10-22/h2-4,9-10,15-18,25-26,28,31H,5-8,11-14,19-20H2,1H3. The SMILES string of the molecule is CC(OP(=O)(OC1CCCC1)OC1CCCC1)=C(C(=O)OCc1ccc([N+](=O)[O-])cc1)N1C(=O)C2N=C(Cc3ccccc3)SC21. The summed E-state index contributed by atoms with van der Waals surface area (Å²) in [4.78, 5) is 43.7. The van der Waals surface area contributed by atoms with E-state index in [2.05, 4.69) is 4.99 Å². The Morgan fingerprint density at radius 1 is 0.978 bits per heavy atom. The fraction of sp³-hybridized carbons (Fsp3) is 0.469. The van der Waals surface area contributed by atoms with Gasteiger partial charge in [0, 0.05) is 18.6 Å². The highest BCUT2D eigenvalue weighted by atomic mass is 32.2. The number of nitro benzene ring substituents is 1. The summed E-state index contributed by atoms with van der Waals surface area (Å²) < 4.78 is 37.8. The number of allylic oxidation sites excluding steroid dienone is 1. The molecule has 14 heteroatoms. The number of aliphatic imine (C=N–C) groups is 1. The zero-order valence-electron chi connectivity index (χ0n) is 25.4. The molecule has 244 valence electrons. The quantitative estimate of drug-likeness (QED) is 0.0422. The Hall–Kier alpha value is -3.51. The normalized spacial score (nSPS) is 22.2. The average molecular weight is 670 g/mol. The van der Waals surface area contributed by atoms with Gasteiger partial charge in [0.2, 0.25) is 0 Å². The van der Waals surface area contributed by atoms with Crippen LogP contribution in [0, 0.1) is 10.1 Å².